The molecule has 2 aromatic carbocycles. The summed E-state index contributed by atoms with van der Waals surface area (Å²) < 4.78 is 11.8. The summed E-state index contributed by atoms with van der Waals surface area (Å²) in [6, 6.07) is 13.0. The van der Waals surface area contributed by atoms with Gasteiger partial charge in [-0.05, 0) is 41.5 Å². The molecule has 3 rings (SSSR count). The van der Waals surface area contributed by atoms with Crippen molar-refractivity contribution in [1.29, 1.82) is 0 Å². The van der Waals surface area contributed by atoms with Crippen LogP contribution in [0.2, 0.25) is 5.02 Å². The van der Waals surface area contributed by atoms with E-state index in [1.807, 2.05) is 42.5 Å². The second-order valence-electron chi connectivity index (χ2n) is 5.91. The Kier molecular flexibility index (Phi) is 6.78. The summed E-state index contributed by atoms with van der Waals surface area (Å²) in [6.45, 7) is 4.43. The van der Waals surface area contributed by atoms with Crippen molar-refractivity contribution in [3.05, 3.63) is 76.2 Å². The van der Waals surface area contributed by atoms with Gasteiger partial charge in [0.05, 0.1) is 12.0 Å². The number of rotatable bonds is 7. The van der Waals surface area contributed by atoms with Crippen LogP contribution in [-0.4, -0.2) is 28.8 Å². The second kappa shape index (κ2) is 9.28. The largest absolute Gasteiger partial charge is 0.493 e. The third kappa shape index (κ3) is 4.76. The summed E-state index contributed by atoms with van der Waals surface area (Å²) in [7, 11) is 1.58. The Morgan fingerprint density at radius 3 is 2.79 bits per heavy atom. The zero-order valence-corrected chi connectivity index (χ0v) is 17.6. The average molecular weight is 432 g/mol. The second-order valence-corrected chi connectivity index (χ2v) is 8.02. The molecule has 28 heavy (non-hydrogen) atoms. The van der Waals surface area contributed by atoms with Crippen LogP contribution in [0.25, 0.3) is 6.08 Å². The van der Waals surface area contributed by atoms with E-state index < -0.39 is 0 Å². The van der Waals surface area contributed by atoms with Crippen LogP contribution in [0.3, 0.4) is 0 Å². The molecule has 1 saturated heterocycles. The van der Waals surface area contributed by atoms with E-state index in [2.05, 4.69) is 6.58 Å². The number of nitrogens with zero attached hydrogens (tertiary/aromatic N) is 1. The van der Waals surface area contributed by atoms with Crippen molar-refractivity contribution in [1.82, 2.24) is 4.90 Å². The number of methoxy groups -OCH3 is 1. The maximum absolute atomic E-state index is 12.5. The van der Waals surface area contributed by atoms with E-state index in [-0.39, 0.29) is 5.91 Å². The summed E-state index contributed by atoms with van der Waals surface area (Å²) in [5.74, 6) is 1.08. The van der Waals surface area contributed by atoms with Crippen LogP contribution in [0.15, 0.2) is 60.0 Å². The van der Waals surface area contributed by atoms with Gasteiger partial charge in [0, 0.05) is 11.6 Å². The van der Waals surface area contributed by atoms with Crippen LogP contribution in [0.1, 0.15) is 11.1 Å². The number of ether oxygens (including phenoxy) is 2. The summed E-state index contributed by atoms with van der Waals surface area (Å²) >= 11 is 12.5. The van der Waals surface area contributed by atoms with Gasteiger partial charge in [-0.1, -0.05) is 59.9 Å². The van der Waals surface area contributed by atoms with Gasteiger partial charge < -0.3 is 9.47 Å². The van der Waals surface area contributed by atoms with Gasteiger partial charge in [-0.3, -0.25) is 9.69 Å². The molecule has 7 heteroatoms. The van der Waals surface area contributed by atoms with E-state index in [1.165, 1.54) is 16.7 Å². The topological polar surface area (TPSA) is 38.8 Å². The molecular formula is C21H18ClNO3S2. The molecular weight excluding hydrogens is 414 g/mol. The van der Waals surface area contributed by atoms with Crippen molar-refractivity contribution in [3.63, 3.8) is 0 Å². The zero-order chi connectivity index (χ0) is 20.1. The molecule has 0 radical (unpaired) electrons. The lowest BCUT2D eigenvalue weighted by molar-refractivity contribution is -0.121. The molecule has 0 unspecified atom stereocenters. The van der Waals surface area contributed by atoms with Gasteiger partial charge in [0.1, 0.15) is 10.9 Å². The molecule has 1 aliphatic heterocycles. The lowest BCUT2D eigenvalue weighted by Crippen LogP contribution is -2.27. The first-order chi connectivity index (χ1) is 13.5. The van der Waals surface area contributed by atoms with Crippen molar-refractivity contribution in [2.24, 2.45) is 0 Å². The fourth-order valence-corrected chi connectivity index (χ4v) is 4.11. The molecule has 4 nitrogen and oxygen atoms in total. The van der Waals surface area contributed by atoms with E-state index in [1.54, 1.807) is 19.3 Å². The normalized spacial score (nSPS) is 15.2. The molecule has 0 saturated carbocycles. The Morgan fingerprint density at radius 1 is 1.25 bits per heavy atom. The number of benzene rings is 2. The van der Waals surface area contributed by atoms with Gasteiger partial charge >= 0.3 is 0 Å². The monoisotopic (exact) mass is 431 g/mol. The first-order valence-corrected chi connectivity index (χ1v) is 10.0. The standard InChI is InChI=1S/C21H18ClNO3S2/c1-3-9-23-20(24)19(28-21(23)27)12-14-7-8-17(18(11-14)25-2)26-13-15-5-4-6-16(22)10-15/h3-8,10-12H,1,9,13H2,2H3/b19-12-. The van der Waals surface area contributed by atoms with Gasteiger partial charge in [0.2, 0.25) is 0 Å². The van der Waals surface area contributed by atoms with Crippen LogP contribution in [0.4, 0.5) is 0 Å². The number of hydrogen-bond donors (Lipinski definition) is 0. The van der Waals surface area contributed by atoms with Gasteiger partial charge in [0.25, 0.3) is 5.91 Å². The van der Waals surface area contributed by atoms with Crippen molar-refractivity contribution in [2.75, 3.05) is 13.7 Å². The molecule has 1 amide bonds. The smallest absolute Gasteiger partial charge is 0.266 e. The Bertz CT molecular complexity index is 958. The maximum Gasteiger partial charge on any atom is 0.266 e. The summed E-state index contributed by atoms with van der Waals surface area (Å²) in [4.78, 5) is 14.6. The third-order valence-corrected chi connectivity index (χ3v) is 5.57. The van der Waals surface area contributed by atoms with E-state index >= 15 is 0 Å². The molecule has 0 atom stereocenters. The van der Waals surface area contributed by atoms with E-state index in [0.717, 1.165) is 11.1 Å². The highest BCUT2D eigenvalue weighted by Crippen LogP contribution is 2.35. The Balaban J connectivity index is 1.77. The molecule has 1 fully saturated rings. The highest BCUT2D eigenvalue weighted by molar-refractivity contribution is 8.26. The van der Waals surface area contributed by atoms with E-state index in [4.69, 9.17) is 33.3 Å². The number of amides is 1. The van der Waals surface area contributed by atoms with Crippen molar-refractivity contribution in [2.45, 2.75) is 6.61 Å². The average Bonchev–Trinajstić information content (AvgIpc) is 2.94. The Morgan fingerprint density at radius 2 is 2.07 bits per heavy atom. The van der Waals surface area contributed by atoms with Gasteiger partial charge in [-0.2, -0.15) is 0 Å². The zero-order valence-electron chi connectivity index (χ0n) is 15.2. The molecule has 0 aliphatic carbocycles. The molecule has 2 aromatic rings. The molecule has 144 valence electrons. The molecule has 0 spiro atoms. The van der Waals surface area contributed by atoms with Crippen molar-refractivity contribution >= 4 is 51.9 Å². The third-order valence-electron chi connectivity index (χ3n) is 3.95. The van der Waals surface area contributed by atoms with Crippen LogP contribution in [0.5, 0.6) is 11.5 Å². The molecule has 1 aliphatic rings. The van der Waals surface area contributed by atoms with E-state index in [0.29, 0.717) is 38.9 Å². The first-order valence-electron chi connectivity index (χ1n) is 8.43. The summed E-state index contributed by atoms with van der Waals surface area (Å²) in [5, 5.41) is 0.664. The lowest BCUT2D eigenvalue weighted by Gasteiger charge is -2.12. The number of carbonyl (C=O) groups is 1. The first kappa shape index (κ1) is 20.5. The predicted molar refractivity (Wildman–Crippen MR) is 119 cm³/mol. The van der Waals surface area contributed by atoms with Crippen LogP contribution < -0.4 is 9.47 Å². The van der Waals surface area contributed by atoms with Crippen LogP contribution in [-0.2, 0) is 11.4 Å². The van der Waals surface area contributed by atoms with E-state index in [9.17, 15) is 4.79 Å². The molecule has 0 bridgehead atoms. The van der Waals surface area contributed by atoms with Crippen molar-refractivity contribution < 1.29 is 14.3 Å². The molecule has 0 N–H and O–H groups in total. The van der Waals surface area contributed by atoms with Gasteiger partial charge in [-0.25, -0.2) is 0 Å². The highest BCUT2D eigenvalue weighted by atomic mass is 35.5. The number of hydrogen-bond acceptors (Lipinski definition) is 5. The number of thioether (sulfide) groups is 1. The molecule has 1 heterocycles. The molecule has 0 aromatic heterocycles. The Labute approximate surface area is 178 Å². The minimum absolute atomic E-state index is 0.116. The highest BCUT2D eigenvalue weighted by Gasteiger charge is 2.30. The van der Waals surface area contributed by atoms with Gasteiger partial charge in [0.15, 0.2) is 11.5 Å². The quantitative estimate of drug-likeness (QED) is 0.337. The minimum atomic E-state index is -0.116. The van der Waals surface area contributed by atoms with Crippen LogP contribution in [0, 0.1) is 0 Å². The summed E-state index contributed by atoms with van der Waals surface area (Å²) in [6.07, 6.45) is 3.45. The number of halogens is 1. The van der Waals surface area contributed by atoms with Gasteiger partial charge in [-0.15, -0.1) is 6.58 Å². The van der Waals surface area contributed by atoms with Crippen LogP contribution >= 0.6 is 35.6 Å². The lowest BCUT2D eigenvalue weighted by atomic mass is 10.1. The fourth-order valence-electron chi connectivity index (χ4n) is 2.62. The predicted octanol–water partition coefficient (Wildman–Crippen LogP) is 5.31. The van der Waals surface area contributed by atoms with Crippen molar-refractivity contribution in [3.8, 4) is 11.5 Å². The SMILES string of the molecule is C=CCN1C(=O)/C(=C/c2ccc(OCc3cccc(Cl)c3)c(OC)c2)SC1=S. The fraction of sp³-hybridized carbons (Fsp3) is 0.143. The Hall–Kier alpha value is -2.28. The summed E-state index contributed by atoms with van der Waals surface area (Å²) in [5.41, 5.74) is 1.79. The minimum Gasteiger partial charge on any atom is -0.493 e. The number of thiocarbonyl (C=S) groups is 1. The number of carbonyl (C=O) groups excluding carboxylic acids is 1. The maximum atomic E-state index is 12.5.